The summed E-state index contributed by atoms with van der Waals surface area (Å²) in [7, 11) is 0. The number of carbonyl (C=O) groups is 2. The number of nitrogens with two attached hydrogens (primary N) is 1. The van der Waals surface area contributed by atoms with Gasteiger partial charge in [-0.05, 0) is 18.1 Å². The van der Waals surface area contributed by atoms with Gasteiger partial charge in [0.25, 0.3) is 5.91 Å². The summed E-state index contributed by atoms with van der Waals surface area (Å²) in [4.78, 5) is 30.8. The molecule has 3 heterocycles. The number of ether oxygens (including phenoxy) is 1. The van der Waals surface area contributed by atoms with Crippen LogP contribution >= 0.6 is 11.3 Å². The first-order valence-corrected chi connectivity index (χ1v) is 9.45. The van der Waals surface area contributed by atoms with Crippen molar-refractivity contribution < 1.29 is 14.3 Å². The minimum absolute atomic E-state index is 0.0643. The topological polar surface area (TPSA) is 123 Å². The van der Waals surface area contributed by atoms with E-state index in [1.807, 2.05) is 27.7 Å². The van der Waals surface area contributed by atoms with Gasteiger partial charge in [0.05, 0.1) is 0 Å². The van der Waals surface area contributed by atoms with E-state index in [2.05, 4.69) is 20.5 Å². The van der Waals surface area contributed by atoms with Gasteiger partial charge in [-0.15, -0.1) is 10.2 Å². The van der Waals surface area contributed by atoms with Gasteiger partial charge in [-0.25, -0.2) is 4.98 Å². The van der Waals surface area contributed by atoms with Crippen LogP contribution in [-0.2, 0) is 9.59 Å². The van der Waals surface area contributed by atoms with E-state index < -0.39 is 12.0 Å². The Labute approximate surface area is 160 Å². The summed E-state index contributed by atoms with van der Waals surface area (Å²) in [5.41, 5.74) is 5.75. The quantitative estimate of drug-likeness (QED) is 0.800. The minimum Gasteiger partial charge on any atom is -0.476 e. The monoisotopic (exact) mass is 390 g/mol. The molecule has 0 radical (unpaired) electrons. The third kappa shape index (κ3) is 4.00. The molecule has 3 N–H and O–H groups in total. The fourth-order valence-corrected chi connectivity index (χ4v) is 3.34. The predicted molar refractivity (Wildman–Crippen MR) is 103 cm³/mol. The fraction of sp³-hybridized carbons (Fsp3) is 0.471. The highest BCUT2D eigenvalue weighted by atomic mass is 32.1. The number of hydrogen-bond donors (Lipinski definition) is 2. The molecule has 0 saturated carbocycles. The van der Waals surface area contributed by atoms with E-state index >= 15 is 0 Å². The molecule has 9 nitrogen and oxygen atoms in total. The van der Waals surface area contributed by atoms with Crippen molar-refractivity contribution in [2.24, 2.45) is 5.92 Å². The van der Waals surface area contributed by atoms with Crippen molar-refractivity contribution in [2.75, 3.05) is 22.5 Å². The predicted octanol–water partition coefficient (Wildman–Crippen LogP) is 2.03. The Morgan fingerprint density at radius 3 is 2.70 bits per heavy atom. The van der Waals surface area contributed by atoms with Crippen LogP contribution in [0, 0.1) is 5.92 Å². The zero-order valence-corrected chi connectivity index (χ0v) is 16.4. The number of nitrogens with one attached hydrogen (secondary N) is 1. The Bertz CT molecular complexity index is 866. The van der Waals surface area contributed by atoms with Crippen LogP contribution in [-0.4, -0.2) is 39.6 Å². The number of fused-ring (bicyclic) bond motifs is 1. The summed E-state index contributed by atoms with van der Waals surface area (Å²) in [5, 5.41) is 11.9. The molecule has 1 atom stereocenters. The summed E-state index contributed by atoms with van der Waals surface area (Å²) in [6.45, 7) is 7.54. The van der Waals surface area contributed by atoms with Crippen LogP contribution in [0.5, 0.6) is 5.75 Å². The van der Waals surface area contributed by atoms with Gasteiger partial charge in [-0.1, -0.05) is 39.0 Å². The maximum atomic E-state index is 12.8. The highest BCUT2D eigenvalue weighted by Gasteiger charge is 2.38. The molecule has 0 fully saturated rings. The van der Waals surface area contributed by atoms with Crippen molar-refractivity contribution >= 4 is 39.9 Å². The smallest absolute Gasteiger partial charge is 0.270 e. The Morgan fingerprint density at radius 2 is 2.07 bits per heavy atom. The number of pyridine rings is 1. The van der Waals surface area contributed by atoms with Gasteiger partial charge in [0.2, 0.25) is 11.0 Å². The Hall–Kier alpha value is -2.75. The molecule has 0 aromatic carbocycles. The second-order valence-electron chi connectivity index (χ2n) is 6.91. The summed E-state index contributed by atoms with van der Waals surface area (Å²) in [5.74, 6) is 0.343. The second-order valence-corrected chi connectivity index (χ2v) is 7.92. The SMILES string of the molecule is CC(C)c1nnc(NC(=O)CN2C(=O)C(C(C)C)Oc3ccc(N)nc32)s1. The summed E-state index contributed by atoms with van der Waals surface area (Å²) in [6.07, 6.45) is -0.690. The molecule has 0 saturated heterocycles. The summed E-state index contributed by atoms with van der Waals surface area (Å²) in [6, 6.07) is 3.25. The van der Waals surface area contributed by atoms with Crippen molar-refractivity contribution in [1.82, 2.24) is 15.2 Å². The lowest BCUT2D eigenvalue weighted by atomic mass is 10.0. The van der Waals surface area contributed by atoms with Gasteiger partial charge in [0, 0.05) is 5.92 Å². The van der Waals surface area contributed by atoms with Crippen LogP contribution < -0.4 is 20.7 Å². The van der Waals surface area contributed by atoms with E-state index in [0.717, 1.165) is 5.01 Å². The number of aromatic nitrogens is 3. The van der Waals surface area contributed by atoms with Gasteiger partial charge in [0.15, 0.2) is 17.7 Å². The first-order valence-electron chi connectivity index (χ1n) is 8.64. The molecule has 3 rings (SSSR count). The highest BCUT2D eigenvalue weighted by molar-refractivity contribution is 7.15. The fourth-order valence-electron chi connectivity index (χ4n) is 2.58. The van der Waals surface area contributed by atoms with E-state index in [-0.39, 0.29) is 35.9 Å². The number of rotatable bonds is 5. The molecule has 2 aromatic heterocycles. The van der Waals surface area contributed by atoms with E-state index in [9.17, 15) is 9.59 Å². The average molecular weight is 390 g/mol. The third-order valence-electron chi connectivity index (χ3n) is 3.97. The number of carbonyl (C=O) groups excluding carboxylic acids is 2. The van der Waals surface area contributed by atoms with Crippen molar-refractivity contribution in [2.45, 2.75) is 39.7 Å². The lowest BCUT2D eigenvalue weighted by Gasteiger charge is -2.34. The maximum Gasteiger partial charge on any atom is 0.270 e. The minimum atomic E-state index is -0.690. The van der Waals surface area contributed by atoms with E-state index in [1.54, 1.807) is 12.1 Å². The van der Waals surface area contributed by atoms with E-state index in [0.29, 0.717) is 10.9 Å². The van der Waals surface area contributed by atoms with Crippen LogP contribution in [0.2, 0.25) is 0 Å². The summed E-state index contributed by atoms with van der Waals surface area (Å²) < 4.78 is 5.76. The highest BCUT2D eigenvalue weighted by Crippen LogP contribution is 2.34. The molecule has 1 unspecified atom stereocenters. The molecule has 10 heteroatoms. The standard InChI is InChI=1S/C17H22N6O3S/c1-8(2)13-16(25)23(14-10(26-13)5-6-11(18)19-14)7-12(24)20-17-22-21-15(27-17)9(3)4/h5-6,8-9,13H,7H2,1-4H3,(H2,18,19)(H,20,22,24). The third-order valence-corrected chi connectivity index (χ3v) is 5.11. The van der Waals surface area contributed by atoms with Gasteiger partial charge >= 0.3 is 0 Å². The van der Waals surface area contributed by atoms with Crippen LogP contribution in [0.15, 0.2) is 12.1 Å². The van der Waals surface area contributed by atoms with Crippen molar-refractivity contribution in [1.29, 1.82) is 0 Å². The van der Waals surface area contributed by atoms with E-state index in [4.69, 9.17) is 10.5 Å². The van der Waals surface area contributed by atoms with Crippen LogP contribution in [0.4, 0.5) is 16.8 Å². The first kappa shape index (κ1) is 19.0. The van der Waals surface area contributed by atoms with Crippen LogP contribution in [0.25, 0.3) is 0 Å². The van der Waals surface area contributed by atoms with Crippen LogP contribution in [0.1, 0.15) is 38.6 Å². The molecular weight excluding hydrogens is 368 g/mol. The largest absolute Gasteiger partial charge is 0.476 e. The number of nitrogen functional groups attached to an aromatic ring is 1. The lowest BCUT2D eigenvalue weighted by Crippen LogP contribution is -2.51. The zero-order valence-electron chi connectivity index (χ0n) is 15.6. The molecule has 0 bridgehead atoms. The molecule has 0 spiro atoms. The van der Waals surface area contributed by atoms with Gasteiger partial charge < -0.3 is 10.5 Å². The first-order chi connectivity index (χ1) is 12.8. The average Bonchev–Trinajstić information content (AvgIpc) is 3.06. The Kier molecular flexibility index (Phi) is 5.26. The van der Waals surface area contributed by atoms with Crippen molar-refractivity contribution in [3.8, 4) is 5.75 Å². The second kappa shape index (κ2) is 7.47. The molecule has 27 heavy (non-hydrogen) atoms. The molecule has 2 aromatic rings. The summed E-state index contributed by atoms with van der Waals surface area (Å²) >= 11 is 1.31. The van der Waals surface area contributed by atoms with Crippen LogP contribution in [0.3, 0.4) is 0 Å². The molecule has 1 aliphatic heterocycles. The molecule has 1 aliphatic rings. The Balaban J connectivity index is 1.81. The number of anilines is 3. The molecule has 144 valence electrons. The maximum absolute atomic E-state index is 12.8. The molecule has 2 amide bonds. The van der Waals surface area contributed by atoms with Gasteiger partial charge in [0.1, 0.15) is 17.4 Å². The van der Waals surface area contributed by atoms with Gasteiger partial charge in [-0.3, -0.25) is 19.8 Å². The molecule has 0 aliphatic carbocycles. The number of hydrogen-bond acceptors (Lipinski definition) is 8. The zero-order chi connectivity index (χ0) is 19.7. The van der Waals surface area contributed by atoms with Crippen molar-refractivity contribution in [3.05, 3.63) is 17.1 Å². The van der Waals surface area contributed by atoms with E-state index in [1.165, 1.54) is 16.2 Å². The molecular formula is C17H22N6O3S. The number of amides is 2. The normalized spacial score (nSPS) is 16.4. The van der Waals surface area contributed by atoms with Crippen molar-refractivity contribution in [3.63, 3.8) is 0 Å². The lowest BCUT2D eigenvalue weighted by molar-refractivity contribution is -0.129. The van der Waals surface area contributed by atoms with Gasteiger partial charge in [-0.2, -0.15) is 0 Å². The Morgan fingerprint density at radius 1 is 1.33 bits per heavy atom. The number of nitrogens with zero attached hydrogens (tertiary/aromatic N) is 4.